The quantitative estimate of drug-likeness (QED) is 0.577. The van der Waals surface area contributed by atoms with Gasteiger partial charge in [-0.15, -0.1) is 24.8 Å². The fourth-order valence-corrected chi connectivity index (χ4v) is 0.232. The first-order chi connectivity index (χ1) is 3.81. The summed E-state index contributed by atoms with van der Waals surface area (Å²) in [6, 6.07) is 0. The first kappa shape index (κ1) is 16.5. The van der Waals surface area contributed by atoms with Gasteiger partial charge in [0.25, 0.3) is 0 Å². The van der Waals surface area contributed by atoms with Gasteiger partial charge in [0.1, 0.15) is 6.61 Å². The van der Waals surface area contributed by atoms with E-state index < -0.39 is 5.97 Å². The molecule has 0 spiro atoms. The molecule has 0 aliphatic rings. The summed E-state index contributed by atoms with van der Waals surface area (Å²) in [6.45, 7) is 0.543. The van der Waals surface area contributed by atoms with Crippen LogP contribution in [-0.2, 0) is 9.53 Å². The lowest BCUT2D eigenvalue weighted by molar-refractivity contribution is -0.141. The summed E-state index contributed by atoms with van der Waals surface area (Å²) in [7, 11) is 0. The van der Waals surface area contributed by atoms with Gasteiger partial charge in [-0.05, 0) is 0 Å². The number of hydrogen-bond donors (Lipinski definition) is 2. The van der Waals surface area contributed by atoms with Gasteiger partial charge in [0.05, 0.1) is 6.54 Å². The molecule has 0 fully saturated rings. The van der Waals surface area contributed by atoms with Crippen molar-refractivity contribution in [1.82, 2.24) is 0 Å². The van der Waals surface area contributed by atoms with Crippen molar-refractivity contribution in [3.63, 3.8) is 0 Å². The van der Waals surface area contributed by atoms with Crippen LogP contribution in [0.4, 0.5) is 0 Å². The van der Waals surface area contributed by atoms with Crippen molar-refractivity contribution in [3.05, 3.63) is 0 Å². The molecule has 0 aromatic heterocycles. The number of carbonyl (C=O) groups excluding carboxylic acids is 1. The third kappa shape index (κ3) is 10.9. The second-order valence-electron chi connectivity index (χ2n) is 1.21. The second-order valence-corrected chi connectivity index (χ2v) is 1.21. The van der Waals surface area contributed by atoms with Gasteiger partial charge in [0.15, 0.2) is 0 Å². The van der Waals surface area contributed by atoms with Crippen LogP contribution in [0, 0.1) is 0 Å². The summed E-state index contributed by atoms with van der Waals surface area (Å²) in [4.78, 5) is 10.2. The van der Waals surface area contributed by atoms with Gasteiger partial charge in [-0.25, -0.2) is 0 Å². The summed E-state index contributed by atoms with van der Waals surface area (Å²) in [5.74, 6) is -0.407. The first-order valence-electron chi connectivity index (χ1n) is 2.37. The smallest absolute Gasteiger partial charge is 0.319 e. The van der Waals surface area contributed by atoms with Crippen LogP contribution in [0.5, 0.6) is 0 Å². The van der Waals surface area contributed by atoms with Crippen LogP contribution in [-0.4, -0.2) is 25.7 Å². The first-order valence-corrected chi connectivity index (χ1v) is 2.37. The highest BCUT2D eigenvalue weighted by atomic mass is 35.5. The number of nitrogens with two attached hydrogens (primary N) is 2. The second kappa shape index (κ2) is 11.7. The van der Waals surface area contributed by atoms with E-state index in [0.29, 0.717) is 6.54 Å². The molecule has 0 heterocycles. The summed E-state index contributed by atoms with van der Waals surface area (Å²) < 4.78 is 4.45. The average Bonchev–Trinajstić information content (AvgIpc) is 1.83. The maximum absolute atomic E-state index is 10.2. The Labute approximate surface area is 72.1 Å². The number of rotatable bonds is 3. The van der Waals surface area contributed by atoms with Crippen molar-refractivity contribution in [2.24, 2.45) is 11.5 Å². The third-order valence-corrected chi connectivity index (χ3v) is 0.548. The van der Waals surface area contributed by atoms with Crippen LogP contribution in [0.1, 0.15) is 0 Å². The maximum atomic E-state index is 10.2. The Morgan fingerprint density at radius 2 is 1.80 bits per heavy atom. The summed E-state index contributed by atoms with van der Waals surface area (Å²) in [5.41, 5.74) is 9.91. The van der Waals surface area contributed by atoms with E-state index in [1.165, 1.54) is 0 Å². The summed E-state index contributed by atoms with van der Waals surface area (Å²) in [6.07, 6.45) is 0. The minimum absolute atomic E-state index is 0. The van der Waals surface area contributed by atoms with E-state index in [2.05, 4.69) is 4.74 Å². The van der Waals surface area contributed by atoms with E-state index in [9.17, 15) is 4.79 Å². The Balaban J connectivity index is -0.000000245. The molecule has 10 heavy (non-hydrogen) atoms. The Morgan fingerprint density at radius 3 is 2.10 bits per heavy atom. The lowest BCUT2D eigenvalue weighted by atomic mass is 10.6. The number of hydrogen-bond acceptors (Lipinski definition) is 4. The SMILES string of the molecule is Cl.Cl.NCCOC(=O)CN. The summed E-state index contributed by atoms with van der Waals surface area (Å²) >= 11 is 0. The Bertz CT molecular complexity index is 81.7. The standard InChI is InChI=1S/C4H10N2O2.2ClH/c5-1-2-8-4(7)3-6;;/h1-3,5-6H2;2*1H. The molecular formula is C4H12Cl2N2O2. The van der Waals surface area contributed by atoms with Gasteiger partial charge in [-0.1, -0.05) is 0 Å². The molecule has 64 valence electrons. The monoisotopic (exact) mass is 190 g/mol. The lowest BCUT2D eigenvalue weighted by Gasteiger charge is -1.97. The third-order valence-electron chi connectivity index (χ3n) is 0.548. The van der Waals surface area contributed by atoms with Crippen molar-refractivity contribution in [2.75, 3.05) is 19.7 Å². The van der Waals surface area contributed by atoms with E-state index >= 15 is 0 Å². The molecule has 0 aliphatic heterocycles. The van der Waals surface area contributed by atoms with Crippen LogP contribution in [0.3, 0.4) is 0 Å². The Kier molecular flexibility index (Phi) is 19.4. The Morgan fingerprint density at radius 1 is 1.30 bits per heavy atom. The van der Waals surface area contributed by atoms with E-state index in [4.69, 9.17) is 11.5 Å². The predicted molar refractivity (Wildman–Crippen MR) is 43.6 cm³/mol. The molecule has 0 radical (unpaired) electrons. The minimum atomic E-state index is -0.407. The van der Waals surface area contributed by atoms with Crippen LogP contribution in [0.25, 0.3) is 0 Å². The van der Waals surface area contributed by atoms with Gasteiger partial charge in [0, 0.05) is 6.54 Å². The van der Waals surface area contributed by atoms with Crippen molar-refractivity contribution in [1.29, 1.82) is 0 Å². The molecule has 0 aromatic rings. The van der Waals surface area contributed by atoms with Crippen LogP contribution in [0.15, 0.2) is 0 Å². The highest BCUT2D eigenvalue weighted by molar-refractivity contribution is 5.85. The van der Waals surface area contributed by atoms with Crippen LogP contribution >= 0.6 is 24.8 Å². The lowest BCUT2D eigenvalue weighted by Crippen LogP contribution is -2.20. The molecule has 0 unspecified atom stereocenters. The molecule has 0 bridgehead atoms. The van der Waals surface area contributed by atoms with E-state index in [1.807, 2.05) is 0 Å². The van der Waals surface area contributed by atoms with E-state index in [0.717, 1.165) is 0 Å². The average molecular weight is 191 g/mol. The number of carbonyl (C=O) groups is 1. The van der Waals surface area contributed by atoms with Crippen LogP contribution < -0.4 is 11.5 Å². The van der Waals surface area contributed by atoms with Gasteiger partial charge in [-0.3, -0.25) is 4.79 Å². The van der Waals surface area contributed by atoms with Crippen LogP contribution in [0.2, 0.25) is 0 Å². The molecule has 6 heteroatoms. The normalized spacial score (nSPS) is 7.00. The molecule has 0 saturated carbocycles. The topological polar surface area (TPSA) is 78.3 Å². The molecule has 0 rings (SSSR count). The molecule has 4 nitrogen and oxygen atoms in total. The molecular weight excluding hydrogens is 179 g/mol. The van der Waals surface area contributed by atoms with Crippen molar-refractivity contribution >= 4 is 30.8 Å². The van der Waals surface area contributed by atoms with Crippen molar-refractivity contribution in [2.45, 2.75) is 0 Å². The zero-order chi connectivity index (χ0) is 6.41. The zero-order valence-corrected chi connectivity index (χ0v) is 7.04. The fraction of sp³-hybridized carbons (Fsp3) is 0.750. The number of esters is 1. The Hall–Kier alpha value is -0.0300. The number of ether oxygens (including phenoxy) is 1. The summed E-state index contributed by atoms with van der Waals surface area (Å²) in [5, 5.41) is 0. The minimum Gasteiger partial charge on any atom is -0.463 e. The highest BCUT2D eigenvalue weighted by Gasteiger charge is 1.93. The molecule has 0 amide bonds. The van der Waals surface area contributed by atoms with Gasteiger partial charge in [0.2, 0.25) is 0 Å². The van der Waals surface area contributed by atoms with Gasteiger partial charge < -0.3 is 16.2 Å². The molecule has 4 N–H and O–H groups in total. The van der Waals surface area contributed by atoms with E-state index in [-0.39, 0.29) is 38.0 Å². The van der Waals surface area contributed by atoms with Gasteiger partial charge >= 0.3 is 5.97 Å². The number of halogens is 2. The maximum Gasteiger partial charge on any atom is 0.319 e. The molecule has 0 aliphatic carbocycles. The fourth-order valence-electron chi connectivity index (χ4n) is 0.232. The van der Waals surface area contributed by atoms with Crippen molar-refractivity contribution in [3.8, 4) is 0 Å². The van der Waals surface area contributed by atoms with Crippen molar-refractivity contribution < 1.29 is 9.53 Å². The largest absolute Gasteiger partial charge is 0.463 e. The predicted octanol–water partition coefficient (Wildman–Crippen LogP) is -0.709. The zero-order valence-electron chi connectivity index (χ0n) is 5.41. The molecule has 0 atom stereocenters. The highest BCUT2D eigenvalue weighted by Crippen LogP contribution is 1.70. The van der Waals surface area contributed by atoms with E-state index in [1.54, 1.807) is 0 Å². The van der Waals surface area contributed by atoms with Gasteiger partial charge in [-0.2, -0.15) is 0 Å². The molecule has 0 saturated heterocycles. The molecule has 0 aromatic carbocycles.